The molecule has 4 rings (SSSR count). The Morgan fingerprint density at radius 1 is 1.21 bits per heavy atom. The Bertz CT molecular complexity index is 715. The molecular weight excluding hydrogens is 368 g/mol. The van der Waals surface area contributed by atoms with Crippen molar-refractivity contribution < 1.29 is 39.1 Å². The monoisotopic (exact) mass is 398 g/mol. The highest BCUT2D eigenvalue weighted by molar-refractivity contribution is 5.76. The van der Waals surface area contributed by atoms with Crippen LogP contribution in [0.3, 0.4) is 0 Å². The Kier molecular flexibility index (Phi) is 4.07. The van der Waals surface area contributed by atoms with Crippen molar-refractivity contribution in [2.24, 2.45) is 17.8 Å². The van der Waals surface area contributed by atoms with Crippen LogP contribution in [0.15, 0.2) is 0 Å². The van der Waals surface area contributed by atoms with Gasteiger partial charge in [-0.05, 0) is 19.8 Å². The van der Waals surface area contributed by atoms with Crippen LogP contribution in [0.1, 0.15) is 53.9 Å². The molecule has 0 aromatic heterocycles. The van der Waals surface area contributed by atoms with Gasteiger partial charge in [-0.15, -0.1) is 0 Å². The molecule has 2 aliphatic heterocycles. The second-order valence-corrected chi connectivity index (χ2v) is 9.91. The van der Waals surface area contributed by atoms with Crippen LogP contribution < -0.4 is 0 Å². The molecule has 4 aliphatic rings. The average Bonchev–Trinajstić information content (AvgIpc) is 3.13. The summed E-state index contributed by atoms with van der Waals surface area (Å²) in [4.78, 5) is 24.8. The summed E-state index contributed by atoms with van der Waals surface area (Å²) in [5.41, 5.74) is -6.72. The van der Waals surface area contributed by atoms with E-state index in [4.69, 9.17) is 14.2 Å². The van der Waals surface area contributed by atoms with Crippen molar-refractivity contribution in [2.45, 2.75) is 94.6 Å². The van der Waals surface area contributed by atoms with Crippen LogP contribution in [0.4, 0.5) is 0 Å². The van der Waals surface area contributed by atoms with Crippen molar-refractivity contribution in [3.8, 4) is 0 Å². The normalized spacial score (nSPS) is 54.5. The van der Waals surface area contributed by atoms with Gasteiger partial charge in [0.25, 0.3) is 0 Å². The minimum atomic E-state index is -2.02. The molecule has 8 heteroatoms. The fraction of sp³-hybridized carbons (Fsp3) is 0.900. The second-order valence-electron chi connectivity index (χ2n) is 9.91. The molecule has 2 saturated carbocycles. The summed E-state index contributed by atoms with van der Waals surface area (Å²) in [5.74, 6) is -2.23. The Balaban J connectivity index is 1.79. The van der Waals surface area contributed by atoms with Crippen LogP contribution in [0.2, 0.25) is 0 Å². The summed E-state index contributed by atoms with van der Waals surface area (Å²) in [5, 5.41) is 34.2. The van der Waals surface area contributed by atoms with Gasteiger partial charge in [-0.2, -0.15) is 0 Å². The molecule has 2 saturated heterocycles. The first-order chi connectivity index (χ1) is 12.8. The van der Waals surface area contributed by atoms with Crippen molar-refractivity contribution in [2.75, 3.05) is 0 Å². The minimum Gasteiger partial charge on any atom is -0.462 e. The lowest BCUT2D eigenvalue weighted by Gasteiger charge is -2.47. The van der Waals surface area contributed by atoms with Crippen molar-refractivity contribution >= 4 is 11.9 Å². The minimum absolute atomic E-state index is 0.0200. The lowest BCUT2D eigenvalue weighted by molar-refractivity contribution is -0.250. The fourth-order valence-electron chi connectivity index (χ4n) is 5.99. The maximum atomic E-state index is 12.4. The highest BCUT2D eigenvalue weighted by Crippen LogP contribution is 2.70. The Labute approximate surface area is 164 Å². The van der Waals surface area contributed by atoms with E-state index in [0.29, 0.717) is 0 Å². The number of carbonyl (C=O) groups is 2. The molecule has 3 N–H and O–H groups in total. The van der Waals surface area contributed by atoms with Crippen molar-refractivity contribution in [3.05, 3.63) is 0 Å². The van der Waals surface area contributed by atoms with E-state index >= 15 is 0 Å². The largest absolute Gasteiger partial charge is 0.462 e. The van der Waals surface area contributed by atoms with Gasteiger partial charge >= 0.3 is 11.9 Å². The summed E-state index contributed by atoms with van der Waals surface area (Å²) in [6.07, 6.45) is -2.27. The van der Waals surface area contributed by atoms with Crippen molar-refractivity contribution in [3.63, 3.8) is 0 Å². The summed E-state index contributed by atoms with van der Waals surface area (Å²) in [6, 6.07) is 0. The quantitative estimate of drug-likeness (QED) is 0.458. The molecule has 9 atom stereocenters. The third-order valence-electron chi connectivity index (χ3n) is 7.33. The van der Waals surface area contributed by atoms with Gasteiger partial charge in [0.05, 0.1) is 17.6 Å². The molecule has 0 aromatic rings. The maximum Gasteiger partial charge on any atom is 0.309 e. The molecule has 2 heterocycles. The third-order valence-corrected chi connectivity index (χ3v) is 7.33. The SMILES string of the molecule is CC(C)CC(=O)O[C@H]1C[C@@](C)(O)[C@]23O[C@H]2C[C@](C)(O)[C@]3(O)[C@H]2OC(=O)[C@@H](C)[C@H]12. The maximum absolute atomic E-state index is 12.4. The van der Waals surface area contributed by atoms with E-state index in [-0.39, 0.29) is 25.2 Å². The van der Waals surface area contributed by atoms with E-state index in [2.05, 4.69) is 0 Å². The van der Waals surface area contributed by atoms with E-state index < -0.39 is 64.5 Å². The molecule has 0 aromatic carbocycles. The van der Waals surface area contributed by atoms with E-state index in [0.717, 1.165) is 0 Å². The topological polar surface area (TPSA) is 126 Å². The number of esters is 2. The number of rotatable bonds is 3. The molecule has 8 nitrogen and oxygen atoms in total. The summed E-state index contributed by atoms with van der Waals surface area (Å²) >= 11 is 0. The highest BCUT2D eigenvalue weighted by atomic mass is 16.7. The number of aliphatic hydroxyl groups is 3. The fourth-order valence-corrected chi connectivity index (χ4v) is 5.99. The van der Waals surface area contributed by atoms with Crippen molar-refractivity contribution in [1.82, 2.24) is 0 Å². The van der Waals surface area contributed by atoms with Gasteiger partial charge in [0.1, 0.15) is 17.8 Å². The van der Waals surface area contributed by atoms with E-state index in [9.17, 15) is 24.9 Å². The number of hydrogen-bond donors (Lipinski definition) is 3. The summed E-state index contributed by atoms with van der Waals surface area (Å²) < 4.78 is 17.1. The molecule has 158 valence electrons. The number of carbonyl (C=O) groups excluding carboxylic acids is 2. The first-order valence-electron chi connectivity index (χ1n) is 10.0. The average molecular weight is 398 g/mol. The number of hydrogen-bond acceptors (Lipinski definition) is 8. The van der Waals surface area contributed by atoms with Gasteiger partial charge in [0.2, 0.25) is 0 Å². The molecular formula is C20H30O8. The molecule has 4 fully saturated rings. The van der Waals surface area contributed by atoms with Crippen LogP contribution in [0, 0.1) is 17.8 Å². The van der Waals surface area contributed by atoms with E-state index in [1.54, 1.807) is 6.92 Å². The molecule has 0 amide bonds. The Morgan fingerprint density at radius 2 is 1.86 bits per heavy atom. The molecule has 28 heavy (non-hydrogen) atoms. The van der Waals surface area contributed by atoms with Crippen LogP contribution in [-0.2, 0) is 23.8 Å². The lowest BCUT2D eigenvalue weighted by Crippen LogP contribution is -2.70. The van der Waals surface area contributed by atoms with Crippen LogP contribution in [-0.4, -0.2) is 68.0 Å². The van der Waals surface area contributed by atoms with Gasteiger partial charge in [-0.25, -0.2) is 0 Å². The summed E-state index contributed by atoms with van der Waals surface area (Å²) in [6.45, 7) is 8.44. The molecule has 0 radical (unpaired) electrons. The Hall–Kier alpha value is -1.22. The summed E-state index contributed by atoms with van der Waals surface area (Å²) in [7, 11) is 0. The predicted molar refractivity (Wildman–Crippen MR) is 94.9 cm³/mol. The standard InChI is InChI=1S/C20H30O8/c1-9(2)6-13(21)26-11-7-18(5,24)20-12(28-20)8-17(4,23)19(20,25)15-14(11)10(3)16(22)27-15/h9-12,14-15,23-25H,6-8H2,1-5H3/t10-,11-,12-,14+,15-,17-,18+,19+,20+/m0/s1. The van der Waals surface area contributed by atoms with Crippen LogP contribution in [0.5, 0.6) is 0 Å². The smallest absolute Gasteiger partial charge is 0.309 e. The Morgan fingerprint density at radius 3 is 2.46 bits per heavy atom. The zero-order valence-electron chi connectivity index (χ0n) is 17.0. The van der Waals surface area contributed by atoms with Gasteiger partial charge < -0.3 is 29.5 Å². The van der Waals surface area contributed by atoms with Gasteiger partial charge in [0, 0.05) is 25.2 Å². The first kappa shape index (κ1) is 20.1. The molecule has 2 aliphatic carbocycles. The van der Waals surface area contributed by atoms with Gasteiger partial charge in [-0.3, -0.25) is 9.59 Å². The lowest BCUT2D eigenvalue weighted by atomic mass is 9.68. The zero-order valence-corrected chi connectivity index (χ0v) is 17.0. The predicted octanol–water partition coefficient (Wildman–Crippen LogP) is 0.300. The highest BCUT2D eigenvalue weighted by Gasteiger charge is 2.91. The number of ether oxygens (including phenoxy) is 3. The van der Waals surface area contributed by atoms with Gasteiger partial charge in [-0.1, -0.05) is 20.8 Å². The first-order valence-corrected chi connectivity index (χ1v) is 10.0. The van der Waals surface area contributed by atoms with E-state index in [1.807, 2.05) is 13.8 Å². The number of epoxide rings is 1. The zero-order chi connectivity index (χ0) is 20.9. The number of fused-ring (bicyclic) bond motifs is 2. The van der Waals surface area contributed by atoms with Crippen LogP contribution in [0.25, 0.3) is 0 Å². The van der Waals surface area contributed by atoms with Gasteiger partial charge in [0.15, 0.2) is 11.2 Å². The molecule has 0 bridgehead atoms. The second kappa shape index (κ2) is 5.68. The molecule has 1 spiro atoms. The molecule has 0 unspecified atom stereocenters. The van der Waals surface area contributed by atoms with Crippen molar-refractivity contribution in [1.29, 1.82) is 0 Å². The van der Waals surface area contributed by atoms with Crippen LogP contribution >= 0.6 is 0 Å². The van der Waals surface area contributed by atoms with E-state index in [1.165, 1.54) is 13.8 Å². The third kappa shape index (κ3) is 2.26.